The molecule has 0 aliphatic rings. The zero-order valence-electron chi connectivity index (χ0n) is 17.0. The van der Waals surface area contributed by atoms with Crippen molar-refractivity contribution in [1.29, 1.82) is 0 Å². The van der Waals surface area contributed by atoms with E-state index in [2.05, 4.69) is 55.4 Å². The highest BCUT2D eigenvalue weighted by Gasteiger charge is 2.17. The minimum Gasteiger partial charge on any atom is -0.491 e. The Balaban J connectivity index is 1.73. The van der Waals surface area contributed by atoms with Gasteiger partial charge in [0.2, 0.25) is 0 Å². The molecule has 0 aliphatic carbocycles. The molecule has 1 N–H and O–H groups in total. The summed E-state index contributed by atoms with van der Waals surface area (Å²) >= 11 is 0. The lowest BCUT2D eigenvalue weighted by Crippen LogP contribution is -2.25. The van der Waals surface area contributed by atoms with Crippen molar-refractivity contribution >= 4 is 11.0 Å². The van der Waals surface area contributed by atoms with Gasteiger partial charge in [-0.1, -0.05) is 52.0 Å². The van der Waals surface area contributed by atoms with Crippen LogP contribution in [0, 0.1) is 6.92 Å². The van der Waals surface area contributed by atoms with Gasteiger partial charge in [0.1, 0.15) is 24.3 Å². The van der Waals surface area contributed by atoms with Gasteiger partial charge in [-0.2, -0.15) is 0 Å². The van der Waals surface area contributed by atoms with E-state index >= 15 is 0 Å². The molecule has 1 atom stereocenters. The summed E-state index contributed by atoms with van der Waals surface area (Å²) in [6.07, 6.45) is 0.222. The zero-order chi connectivity index (χ0) is 19.6. The molecule has 0 saturated carbocycles. The largest absolute Gasteiger partial charge is 0.491 e. The number of aromatic nitrogens is 2. The molecule has 0 radical (unpaired) electrons. The van der Waals surface area contributed by atoms with Crippen LogP contribution in [0.5, 0.6) is 5.75 Å². The van der Waals surface area contributed by atoms with Gasteiger partial charge >= 0.3 is 0 Å². The monoisotopic (exact) mass is 366 g/mol. The molecule has 0 bridgehead atoms. The lowest BCUT2D eigenvalue weighted by Gasteiger charge is -2.21. The Labute approximate surface area is 161 Å². The van der Waals surface area contributed by atoms with Crippen molar-refractivity contribution in [1.82, 2.24) is 9.55 Å². The highest BCUT2D eigenvalue weighted by Crippen LogP contribution is 2.28. The first-order chi connectivity index (χ1) is 12.8. The maximum absolute atomic E-state index is 10.6. The van der Waals surface area contributed by atoms with Gasteiger partial charge in [0.05, 0.1) is 17.6 Å². The number of nitrogens with zero attached hydrogens (tertiary/aromatic N) is 2. The van der Waals surface area contributed by atoms with E-state index < -0.39 is 6.10 Å². The third-order valence-corrected chi connectivity index (χ3v) is 4.93. The summed E-state index contributed by atoms with van der Waals surface area (Å²) < 4.78 is 8.08. The number of aliphatic hydroxyl groups is 1. The molecule has 0 spiro atoms. The van der Waals surface area contributed by atoms with Gasteiger partial charge in [0, 0.05) is 6.42 Å². The van der Waals surface area contributed by atoms with Gasteiger partial charge in [-0.25, -0.2) is 4.98 Å². The molecule has 144 valence electrons. The van der Waals surface area contributed by atoms with E-state index in [1.165, 1.54) is 5.56 Å². The molecule has 3 rings (SSSR count). The van der Waals surface area contributed by atoms with E-state index in [1.54, 1.807) is 0 Å². The van der Waals surface area contributed by atoms with Crippen LogP contribution >= 0.6 is 0 Å². The first kappa shape index (κ1) is 19.4. The highest BCUT2D eigenvalue weighted by molar-refractivity contribution is 5.75. The molecule has 3 aromatic rings. The van der Waals surface area contributed by atoms with Crippen LogP contribution in [0.1, 0.15) is 44.6 Å². The van der Waals surface area contributed by atoms with Crippen molar-refractivity contribution in [3.63, 3.8) is 0 Å². The smallest absolute Gasteiger partial charge is 0.122 e. The topological polar surface area (TPSA) is 47.3 Å². The number of para-hydroxylation sites is 2. The van der Waals surface area contributed by atoms with E-state index in [1.807, 2.05) is 31.2 Å². The van der Waals surface area contributed by atoms with Crippen molar-refractivity contribution in [2.24, 2.45) is 0 Å². The molecule has 1 aromatic heterocycles. The minimum atomic E-state index is -0.606. The number of ether oxygens (including phenoxy) is 1. The zero-order valence-corrected chi connectivity index (χ0v) is 17.0. The van der Waals surface area contributed by atoms with Gasteiger partial charge in [-0.3, -0.25) is 0 Å². The molecular weight excluding hydrogens is 336 g/mol. The molecule has 1 unspecified atom stereocenters. The average Bonchev–Trinajstić information content (AvgIpc) is 2.98. The predicted molar refractivity (Wildman–Crippen MR) is 110 cm³/mol. The van der Waals surface area contributed by atoms with Crippen LogP contribution < -0.4 is 4.74 Å². The molecule has 0 aliphatic heterocycles. The van der Waals surface area contributed by atoms with Crippen LogP contribution in [0.25, 0.3) is 11.0 Å². The molecule has 0 saturated heterocycles. The number of aliphatic hydroxyl groups excluding tert-OH is 1. The van der Waals surface area contributed by atoms with Crippen molar-refractivity contribution in [2.75, 3.05) is 6.61 Å². The molecule has 0 amide bonds. The number of hydrogen-bond acceptors (Lipinski definition) is 3. The molecule has 4 heteroatoms. The van der Waals surface area contributed by atoms with Gasteiger partial charge < -0.3 is 14.4 Å². The highest BCUT2D eigenvalue weighted by atomic mass is 16.5. The fraction of sp³-hybridized carbons (Fsp3) is 0.435. The van der Waals surface area contributed by atoms with Gasteiger partial charge in [0.25, 0.3) is 0 Å². The molecular formula is C23H30N2O2. The second kappa shape index (κ2) is 7.73. The maximum Gasteiger partial charge on any atom is 0.122 e. The lowest BCUT2D eigenvalue weighted by atomic mass is 9.86. The van der Waals surface area contributed by atoms with E-state index in [9.17, 15) is 5.11 Å². The SMILES string of the molecule is CCc1nc2ccccc2n1CC(O)COc1cc(C(C)(C)C)ccc1C. The van der Waals surface area contributed by atoms with Gasteiger partial charge in [-0.05, 0) is 41.7 Å². The van der Waals surface area contributed by atoms with E-state index in [0.717, 1.165) is 34.6 Å². The van der Waals surface area contributed by atoms with Crippen LogP contribution in [0.3, 0.4) is 0 Å². The van der Waals surface area contributed by atoms with Gasteiger partial charge in [-0.15, -0.1) is 0 Å². The standard InChI is InChI=1S/C23H30N2O2/c1-6-22-24-19-9-7-8-10-20(19)25(22)14-18(26)15-27-21-13-17(23(3,4)5)12-11-16(21)2/h7-13,18,26H,6,14-15H2,1-5H3. The number of rotatable bonds is 6. The van der Waals surface area contributed by atoms with E-state index in [0.29, 0.717) is 6.54 Å². The second-order valence-electron chi connectivity index (χ2n) is 8.18. The Bertz CT molecular complexity index is 922. The molecule has 27 heavy (non-hydrogen) atoms. The first-order valence-electron chi connectivity index (χ1n) is 9.65. The third kappa shape index (κ3) is 4.33. The van der Waals surface area contributed by atoms with Crippen LogP contribution in [-0.2, 0) is 18.4 Å². The first-order valence-corrected chi connectivity index (χ1v) is 9.65. The number of benzene rings is 2. The van der Waals surface area contributed by atoms with Crippen LogP contribution in [0.4, 0.5) is 0 Å². The third-order valence-electron chi connectivity index (χ3n) is 4.93. The average molecular weight is 367 g/mol. The van der Waals surface area contributed by atoms with E-state index in [-0.39, 0.29) is 12.0 Å². The Morgan fingerprint density at radius 2 is 1.89 bits per heavy atom. The number of aryl methyl sites for hydroxylation is 2. The lowest BCUT2D eigenvalue weighted by molar-refractivity contribution is 0.0923. The number of imidazole rings is 1. The van der Waals surface area contributed by atoms with Crippen molar-refractivity contribution in [2.45, 2.75) is 59.1 Å². The second-order valence-corrected chi connectivity index (χ2v) is 8.18. The van der Waals surface area contributed by atoms with Crippen molar-refractivity contribution in [3.8, 4) is 5.75 Å². The summed E-state index contributed by atoms with van der Waals surface area (Å²) in [5.41, 5.74) is 4.40. The molecule has 4 nitrogen and oxygen atoms in total. The van der Waals surface area contributed by atoms with E-state index in [4.69, 9.17) is 4.74 Å². The van der Waals surface area contributed by atoms with Crippen molar-refractivity contribution < 1.29 is 9.84 Å². The summed E-state index contributed by atoms with van der Waals surface area (Å²) in [4.78, 5) is 4.67. The Morgan fingerprint density at radius 3 is 2.59 bits per heavy atom. The summed E-state index contributed by atoms with van der Waals surface area (Å²) in [7, 11) is 0. The quantitative estimate of drug-likeness (QED) is 0.691. The maximum atomic E-state index is 10.6. The summed E-state index contributed by atoms with van der Waals surface area (Å²) in [5.74, 6) is 1.83. The summed E-state index contributed by atoms with van der Waals surface area (Å²) in [6.45, 7) is 11.4. The predicted octanol–water partition coefficient (Wildman–Crippen LogP) is 4.64. The van der Waals surface area contributed by atoms with Gasteiger partial charge in [0.15, 0.2) is 0 Å². The summed E-state index contributed by atoms with van der Waals surface area (Å²) in [6, 6.07) is 14.4. The molecule has 0 fully saturated rings. The number of fused-ring (bicyclic) bond motifs is 1. The Morgan fingerprint density at radius 1 is 1.15 bits per heavy atom. The number of hydrogen-bond donors (Lipinski definition) is 1. The summed E-state index contributed by atoms with van der Waals surface area (Å²) in [5, 5.41) is 10.6. The Kier molecular flexibility index (Phi) is 5.56. The Hall–Kier alpha value is -2.33. The normalized spacial score (nSPS) is 13.1. The fourth-order valence-corrected chi connectivity index (χ4v) is 3.27. The molecule has 2 aromatic carbocycles. The van der Waals surface area contributed by atoms with Crippen molar-refractivity contribution in [3.05, 3.63) is 59.4 Å². The van der Waals surface area contributed by atoms with Crippen LogP contribution in [0.2, 0.25) is 0 Å². The minimum absolute atomic E-state index is 0.0657. The molecule has 1 heterocycles. The fourth-order valence-electron chi connectivity index (χ4n) is 3.27. The van der Waals surface area contributed by atoms with Crippen LogP contribution in [0.15, 0.2) is 42.5 Å². The van der Waals surface area contributed by atoms with Crippen LogP contribution in [-0.4, -0.2) is 27.4 Å².